The molecular formula is C18H23Cl2N3O2. The van der Waals surface area contributed by atoms with Crippen molar-refractivity contribution >= 4 is 24.0 Å². The van der Waals surface area contributed by atoms with Crippen molar-refractivity contribution in [1.82, 2.24) is 15.2 Å². The molecule has 1 aliphatic rings. The second kappa shape index (κ2) is 9.25. The van der Waals surface area contributed by atoms with E-state index in [1.165, 1.54) is 5.56 Å². The highest BCUT2D eigenvalue weighted by atomic mass is 35.5. The van der Waals surface area contributed by atoms with Crippen molar-refractivity contribution in [2.45, 2.75) is 12.6 Å². The lowest BCUT2D eigenvalue weighted by Gasteiger charge is -2.36. The fraction of sp³-hybridized carbons (Fsp3) is 0.389. The van der Waals surface area contributed by atoms with Crippen LogP contribution in [0.5, 0.6) is 11.5 Å². The first-order valence-electron chi connectivity index (χ1n) is 7.98. The van der Waals surface area contributed by atoms with Gasteiger partial charge in [-0.25, -0.2) is 0 Å². The second-order valence-corrected chi connectivity index (χ2v) is 6.12. The van der Waals surface area contributed by atoms with Crippen molar-refractivity contribution in [3.8, 4) is 11.5 Å². The maximum absolute atomic E-state index is 6.55. The minimum atomic E-state index is 0. The third-order valence-electron chi connectivity index (χ3n) is 4.38. The highest BCUT2D eigenvalue weighted by Gasteiger charge is 2.25. The smallest absolute Gasteiger partial charge is 0.179 e. The lowest BCUT2D eigenvalue weighted by atomic mass is 10.0. The molecule has 1 aliphatic heterocycles. The molecule has 0 aliphatic carbocycles. The van der Waals surface area contributed by atoms with Crippen LogP contribution in [0.1, 0.15) is 17.2 Å². The first-order valence-corrected chi connectivity index (χ1v) is 8.36. The molecule has 1 fully saturated rings. The summed E-state index contributed by atoms with van der Waals surface area (Å²) in [6.45, 7) is 3.59. The van der Waals surface area contributed by atoms with Gasteiger partial charge < -0.3 is 14.8 Å². The molecule has 2 aromatic rings. The Bertz CT molecular complexity index is 686. The highest BCUT2D eigenvalue weighted by Crippen LogP contribution is 2.38. The summed E-state index contributed by atoms with van der Waals surface area (Å²) in [6.07, 6.45) is 3.68. The maximum atomic E-state index is 6.55. The van der Waals surface area contributed by atoms with Crippen LogP contribution in [0.4, 0.5) is 0 Å². The van der Waals surface area contributed by atoms with Crippen molar-refractivity contribution in [1.29, 1.82) is 0 Å². The Morgan fingerprint density at radius 1 is 1.20 bits per heavy atom. The SMILES string of the molecule is COc1ccc(CN2CCNCC2c2ccncc2)c(Cl)c1OC.Cl. The van der Waals surface area contributed by atoms with E-state index in [4.69, 9.17) is 21.1 Å². The minimum absolute atomic E-state index is 0. The van der Waals surface area contributed by atoms with Crippen LogP contribution in [0.3, 0.4) is 0 Å². The number of hydrogen-bond donors (Lipinski definition) is 1. The van der Waals surface area contributed by atoms with E-state index < -0.39 is 0 Å². The average molecular weight is 384 g/mol. The average Bonchev–Trinajstić information content (AvgIpc) is 2.64. The van der Waals surface area contributed by atoms with Crippen LogP contribution in [0.25, 0.3) is 0 Å². The zero-order valence-electron chi connectivity index (χ0n) is 14.4. The van der Waals surface area contributed by atoms with Gasteiger partial charge >= 0.3 is 0 Å². The first kappa shape index (κ1) is 19.8. The lowest BCUT2D eigenvalue weighted by molar-refractivity contribution is 0.153. The van der Waals surface area contributed by atoms with Crippen molar-refractivity contribution in [2.75, 3.05) is 33.9 Å². The van der Waals surface area contributed by atoms with E-state index in [0.717, 1.165) is 31.7 Å². The molecule has 1 atom stereocenters. The third-order valence-corrected chi connectivity index (χ3v) is 4.80. The van der Waals surface area contributed by atoms with E-state index in [-0.39, 0.29) is 12.4 Å². The molecular weight excluding hydrogens is 361 g/mol. The number of nitrogens with one attached hydrogen (secondary N) is 1. The monoisotopic (exact) mass is 383 g/mol. The van der Waals surface area contributed by atoms with Crippen LogP contribution in [0, 0.1) is 0 Å². The van der Waals surface area contributed by atoms with Crippen molar-refractivity contribution in [3.05, 3.63) is 52.8 Å². The third kappa shape index (κ3) is 4.36. The molecule has 2 heterocycles. The standard InChI is InChI=1S/C18H22ClN3O2.ClH/c1-23-16-4-3-14(17(19)18(16)24-2)12-22-10-9-21-11-15(22)13-5-7-20-8-6-13;/h3-8,15,21H,9-12H2,1-2H3;1H. The molecule has 0 saturated carbocycles. The number of rotatable bonds is 5. The number of pyridine rings is 1. The predicted octanol–water partition coefficient (Wildman–Crippen LogP) is 3.32. The van der Waals surface area contributed by atoms with Gasteiger partial charge in [-0.3, -0.25) is 9.88 Å². The van der Waals surface area contributed by atoms with Crippen LogP contribution in [0.2, 0.25) is 5.02 Å². The number of halogens is 2. The molecule has 25 heavy (non-hydrogen) atoms. The molecule has 0 radical (unpaired) electrons. The Kier molecular flexibility index (Phi) is 7.32. The summed E-state index contributed by atoms with van der Waals surface area (Å²) in [6, 6.07) is 8.35. The first-order chi connectivity index (χ1) is 11.7. The van der Waals surface area contributed by atoms with Crippen LogP contribution in [-0.2, 0) is 6.54 Å². The number of ether oxygens (including phenoxy) is 2. The van der Waals surface area contributed by atoms with Crippen LogP contribution in [0.15, 0.2) is 36.7 Å². The molecule has 0 spiro atoms. The molecule has 0 bridgehead atoms. The van der Waals surface area contributed by atoms with Crippen molar-refractivity contribution in [3.63, 3.8) is 0 Å². The van der Waals surface area contributed by atoms with Gasteiger partial charge in [0.25, 0.3) is 0 Å². The number of piperazine rings is 1. The molecule has 1 N–H and O–H groups in total. The predicted molar refractivity (Wildman–Crippen MR) is 102 cm³/mol. The van der Waals surface area contributed by atoms with Gasteiger partial charge in [-0.1, -0.05) is 17.7 Å². The lowest BCUT2D eigenvalue weighted by Crippen LogP contribution is -2.45. The van der Waals surface area contributed by atoms with Gasteiger partial charge in [0.2, 0.25) is 0 Å². The van der Waals surface area contributed by atoms with Crippen molar-refractivity contribution < 1.29 is 9.47 Å². The summed E-state index contributed by atoms with van der Waals surface area (Å²) < 4.78 is 10.7. The van der Waals surface area contributed by atoms with Gasteiger partial charge in [0.05, 0.1) is 19.2 Å². The topological polar surface area (TPSA) is 46.6 Å². The van der Waals surface area contributed by atoms with E-state index in [1.54, 1.807) is 14.2 Å². The van der Waals surface area contributed by atoms with Crippen LogP contribution >= 0.6 is 24.0 Å². The number of aromatic nitrogens is 1. The van der Waals surface area contributed by atoms with Crippen LogP contribution in [-0.4, -0.2) is 43.7 Å². The highest BCUT2D eigenvalue weighted by molar-refractivity contribution is 6.33. The largest absolute Gasteiger partial charge is 0.493 e. The molecule has 7 heteroatoms. The number of benzene rings is 1. The molecule has 3 rings (SSSR count). The molecule has 1 aromatic carbocycles. The van der Waals surface area contributed by atoms with E-state index in [0.29, 0.717) is 22.6 Å². The van der Waals surface area contributed by atoms with Gasteiger partial charge in [0.15, 0.2) is 11.5 Å². The molecule has 5 nitrogen and oxygen atoms in total. The molecule has 1 unspecified atom stereocenters. The van der Waals surface area contributed by atoms with E-state index >= 15 is 0 Å². The number of nitrogens with zero attached hydrogens (tertiary/aromatic N) is 2. The summed E-state index contributed by atoms with van der Waals surface area (Å²) in [7, 11) is 3.22. The van der Waals surface area contributed by atoms with Crippen LogP contribution < -0.4 is 14.8 Å². The van der Waals surface area contributed by atoms with Gasteiger partial charge in [0, 0.05) is 44.6 Å². The zero-order chi connectivity index (χ0) is 16.9. The quantitative estimate of drug-likeness (QED) is 0.857. The molecule has 0 amide bonds. The zero-order valence-corrected chi connectivity index (χ0v) is 15.9. The summed E-state index contributed by atoms with van der Waals surface area (Å²) in [5, 5.41) is 4.08. The van der Waals surface area contributed by atoms with Gasteiger partial charge in [-0.15, -0.1) is 12.4 Å². The van der Waals surface area contributed by atoms with E-state index in [9.17, 15) is 0 Å². The Labute approximate surface area is 159 Å². The Morgan fingerprint density at radius 2 is 1.96 bits per heavy atom. The molecule has 136 valence electrons. The van der Waals surface area contributed by atoms with Gasteiger partial charge in [0.1, 0.15) is 0 Å². The number of methoxy groups -OCH3 is 2. The summed E-state index contributed by atoms with van der Waals surface area (Å²) in [4.78, 5) is 6.54. The molecule has 1 aromatic heterocycles. The number of hydrogen-bond acceptors (Lipinski definition) is 5. The van der Waals surface area contributed by atoms with Gasteiger partial charge in [-0.05, 0) is 29.3 Å². The summed E-state index contributed by atoms with van der Waals surface area (Å²) >= 11 is 6.55. The molecule has 1 saturated heterocycles. The Balaban J connectivity index is 0.00000225. The minimum Gasteiger partial charge on any atom is -0.493 e. The summed E-state index contributed by atoms with van der Waals surface area (Å²) in [5.41, 5.74) is 2.30. The summed E-state index contributed by atoms with van der Waals surface area (Å²) in [5.74, 6) is 1.24. The fourth-order valence-electron chi connectivity index (χ4n) is 3.12. The van der Waals surface area contributed by atoms with E-state index in [1.807, 2.05) is 24.5 Å². The normalized spacial score (nSPS) is 17.6. The van der Waals surface area contributed by atoms with Gasteiger partial charge in [-0.2, -0.15) is 0 Å². The Morgan fingerprint density at radius 3 is 2.64 bits per heavy atom. The maximum Gasteiger partial charge on any atom is 0.179 e. The van der Waals surface area contributed by atoms with Crippen molar-refractivity contribution in [2.24, 2.45) is 0 Å². The fourth-order valence-corrected chi connectivity index (χ4v) is 3.41. The Hall–Kier alpha value is -1.53. The second-order valence-electron chi connectivity index (χ2n) is 5.75. The van der Waals surface area contributed by atoms with E-state index in [2.05, 4.69) is 27.3 Å².